The molecule has 0 radical (unpaired) electrons. The van der Waals surface area contributed by atoms with Crippen molar-refractivity contribution in [3.8, 4) is 0 Å². The van der Waals surface area contributed by atoms with Crippen molar-refractivity contribution in [1.29, 1.82) is 0 Å². The summed E-state index contributed by atoms with van der Waals surface area (Å²) in [6.45, 7) is 0. The van der Waals surface area contributed by atoms with Crippen LogP contribution >= 0.6 is 0 Å². The van der Waals surface area contributed by atoms with Crippen LogP contribution < -0.4 is 11.1 Å². The number of rotatable bonds is 3. The molecule has 14 heavy (non-hydrogen) atoms. The summed E-state index contributed by atoms with van der Waals surface area (Å²) >= 11 is 0. The summed E-state index contributed by atoms with van der Waals surface area (Å²) < 4.78 is 0. The highest BCUT2D eigenvalue weighted by Gasteiger charge is 2.41. The molecule has 0 aromatic rings. The molecule has 0 unspecified atom stereocenters. The first-order valence-corrected chi connectivity index (χ1v) is 3.95. The maximum atomic E-state index is 11.1. The molecule has 1 saturated heterocycles. The number of carboxylic acid groups (broad SMARTS) is 2. The van der Waals surface area contributed by atoms with Crippen LogP contribution in [0.2, 0.25) is 0 Å². The molecule has 1 rings (SSSR count). The van der Waals surface area contributed by atoms with E-state index in [2.05, 4.69) is 5.32 Å². The lowest BCUT2D eigenvalue weighted by Crippen LogP contribution is -2.41. The summed E-state index contributed by atoms with van der Waals surface area (Å²) in [5, 5.41) is 19.3. The van der Waals surface area contributed by atoms with Crippen LogP contribution in [-0.2, 0) is 14.4 Å². The highest BCUT2D eigenvalue weighted by atomic mass is 16.4. The summed E-state index contributed by atoms with van der Waals surface area (Å²) in [6.07, 6.45) is -0.0817. The van der Waals surface area contributed by atoms with Crippen LogP contribution in [0.1, 0.15) is 6.42 Å². The quantitative estimate of drug-likeness (QED) is 0.418. The van der Waals surface area contributed by atoms with Crippen molar-refractivity contribution >= 4 is 17.8 Å². The fourth-order valence-electron chi connectivity index (χ4n) is 1.34. The van der Waals surface area contributed by atoms with Gasteiger partial charge in [0.15, 0.2) is 0 Å². The van der Waals surface area contributed by atoms with Crippen molar-refractivity contribution in [2.75, 3.05) is 0 Å². The zero-order valence-electron chi connectivity index (χ0n) is 7.14. The minimum atomic E-state index is -1.35. The molecule has 1 aliphatic heterocycles. The van der Waals surface area contributed by atoms with E-state index in [0.29, 0.717) is 0 Å². The Kier molecular flexibility index (Phi) is 2.70. The van der Waals surface area contributed by atoms with E-state index < -0.39 is 35.8 Å². The minimum Gasteiger partial charge on any atom is -0.480 e. The van der Waals surface area contributed by atoms with Gasteiger partial charge in [-0.15, -0.1) is 0 Å². The number of nitrogens with two attached hydrogens (primary N) is 1. The predicted octanol–water partition coefficient (Wildman–Crippen LogP) is -2.01. The van der Waals surface area contributed by atoms with Crippen LogP contribution in [0.25, 0.3) is 0 Å². The summed E-state index contributed by atoms with van der Waals surface area (Å²) in [5.74, 6) is -4.07. The molecule has 0 spiro atoms. The minimum absolute atomic E-state index is 0.0817. The molecule has 1 amide bonds. The number of carboxylic acids is 2. The fourth-order valence-corrected chi connectivity index (χ4v) is 1.34. The van der Waals surface area contributed by atoms with E-state index in [1.54, 1.807) is 0 Å². The molecular formula is C7H10N2O5. The Morgan fingerprint density at radius 3 is 2.43 bits per heavy atom. The highest BCUT2D eigenvalue weighted by molar-refractivity contribution is 5.92. The maximum Gasteiger partial charge on any atom is 0.326 e. The predicted molar refractivity (Wildman–Crippen MR) is 43.3 cm³/mol. The monoisotopic (exact) mass is 202 g/mol. The van der Waals surface area contributed by atoms with Gasteiger partial charge in [0, 0.05) is 0 Å². The Labute approximate surface area is 78.9 Å². The van der Waals surface area contributed by atoms with E-state index in [1.165, 1.54) is 0 Å². The lowest BCUT2D eigenvalue weighted by atomic mass is 9.97. The van der Waals surface area contributed by atoms with Crippen molar-refractivity contribution in [1.82, 2.24) is 5.32 Å². The van der Waals surface area contributed by atoms with Gasteiger partial charge in [-0.1, -0.05) is 0 Å². The van der Waals surface area contributed by atoms with E-state index in [0.717, 1.165) is 0 Å². The highest BCUT2D eigenvalue weighted by Crippen LogP contribution is 2.18. The zero-order chi connectivity index (χ0) is 10.9. The molecule has 0 aromatic carbocycles. The molecule has 78 valence electrons. The number of hydrogen-bond donors (Lipinski definition) is 4. The Morgan fingerprint density at radius 2 is 2.07 bits per heavy atom. The van der Waals surface area contributed by atoms with Gasteiger partial charge in [0.1, 0.15) is 12.1 Å². The first-order valence-electron chi connectivity index (χ1n) is 3.95. The van der Waals surface area contributed by atoms with Crippen LogP contribution in [0.5, 0.6) is 0 Å². The maximum absolute atomic E-state index is 11.1. The first-order chi connectivity index (χ1) is 6.43. The average molecular weight is 202 g/mol. The molecule has 3 atom stereocenters. The van der Waals surface area contributed by atoms with E-state index in [4.69, 9.17) is 15.9 Å². The third kappa shape index (κ3) is 1.82. The molecule has 1 aliphatic rings. The molecule has 7 nitrogen and oxygen atoms in total. The van der Waals surface area contributed by atoms with E-state index >= 15 is 0 Å². The largest absolute Gasteiger partial charge is 0.480 e. The van der Waals surface area contributed by atoms with Crippen molar-refractivity contribution < 1.29 is 24.6 Å². The van der Waals surface area contributed by atoms with Gasteiger partial charge in [0.25, 0.3) is 0 Å². The van der Waals surface area contributed by atoms with E-state index in [9.17, 15) is 14.4 Å². The van der Waals surface area contributed by atoms with Gasteiger partial charge in [-0.2, -0.15) is 0 Å². The lowest BCUT2D eigenvalue weighted by molar-refractivity contribution is -0.142. The fraction of sp³-hybridized carbons (Fsp3) is 0.571. The summed E-state index contributed by atoms with van der Waals surface area (Å²) in [4.78, 5) is 32.1. The average Bonchev–Trinajstić information content (AvgIpc) is 2.46. The third-order valence-corrected chi connectivity index (χ3v) is 2.16. The molecule has 7 heteroatoms. The van der Waals surface area contributed by atoms with Gasteiger partial charge in [-0.05, 0) is 6.42 Å². The SMILES string of the molecule is N[C@H](C(=O)O)[C@@H]1C[C@H](C(=O)O)NC1=O. The van der Waals surface area contributed by atoms with Gasteiger partial charge in [-0.25, -0.2) is 4.79 Å². The van der Waals surface area contributed by atoms with Crippen molar-refractivity contribution in [3.05, 3.63) is 0 Å². The van der Waals surface area contributed by atoms with Crippen LogP contribution in [-0.4, -0.2) is 40.1 Å². The van der Waals surface area contributed by atoms with Gasteiger partial charge < -0.3 is 21.3 Å². The molecular weight excluding hydrogens is 192 g/mol. The Bertz CT molecular complexity index is 290. The number of hydrogen-bond acceptors (Lipinski definition) is 4. The normalized spacial score (nSPS) is 28.2. The summed E-state index contributed by atoms with van der Waals surface area (Å²) in [5.41, 5.74) is 5.22. The van der Waals surface area contributed by atoms with Crippen molar-refractivity contribution in [2.45, 2.75) is 18.5 Å². The second-order valence-electron chi connectivity index (χ2n) is 3.11. The summed E-state index contributed by atoms with van der Waals surface area (Å²) in [6, 6.07) is -2.38. The Balaban J connectivity index is 2.70. The second kappa shape index (κ2) is 3.62. The zero-order valence-corrected chi connectivity index (χ0v) is 7.14. The second-order valence-corrected chi connectivity index (χ2v) is 3.11. The smallest absolute Gasteiger partial charge is 0.326 e. The molecule has 0 bridgehead atoms. The summed E-state index contributed by atoms with van der Waals surface area (Å²) in [7, 11) is 0. The standard InChI is InChI=1S/C7H10N2O5/c8-4(7(13)14)2-1-3(6(11)12)9-5(2)10/h2-4H,1,8H2,(H,9,10)(H,11,12)(H,13,14)/t2-,3+,4-/m0/s1. The number of nitrogens with one attached hydrogen (secondary N) is 1. The number of amides is 1. The number of carbonyl (C=O) groups excluding carboxylic acids is 1. The Hall–Kier alpha value is -1.63. The molecule has 0 aliphatic carbocycles. The lowest BCUT2D eigenvalue weighted by Gasteiger charge is -2.10. The van der Waals surface area contributed by atoms with Gasteiger partial charge in [0.05, 0.1) is 5.92 Å². The first kappa shape index (κ1) is 10.5. The van der Waals surface area contributed by atoms with E-state index in [-0.39, 0.29) is 6.42 Å². The molecule has 0 aromatic heterocycles. The van der Waals surface area contributed by atoms with Crippen molar-refractivity contribution in [3.63, 3.8) is 0 Å². The Morgan fingerprint density at radius 1 is 1.50 bits per heavy atom. The van der Waals surface area contributed by atoms with Crippen molar-refractivity contribution in [2.24, 2.45) is 11.7 Å². The van der Waals surface area contributed by atoms with E-state index in [1.807, 2.05) is 0 Å². The van der Waals surface area contributed by atoms with Gasteiger partial charge in [-0.3, -0.25) is 9.59 Å². The topological polar surface area (TPSA) is 130 Å². The molecule has 1 heterocycles. The number of aliphatic carboxylic acids is 2. The van der Waals surface area contributed by atoms with Crippen LogP contribution in [0, 0.1) is 5.92 Å². The number of carbonyl (C=O) groups is 3. The van der Waals surface area contributed by atoms with Crippen LogP contribution in [0.3, 0.4) is 0 Å². The van der Waals surface area contributed by atoms with Gasteiger partial charge in [0.2, 0.25) is 5.91 Å². The van der Waals surface area contributed by atoms with Gasteiger partial charge >= 0.3 is 11.9 Å². The van der Waals surface area contributed by atoms with Crippen LogP contribution in [0.4, 0.5) is 0 Å². The molecule has 0 saturated carbocycles. The van der Waals surface area contributed by atoms with Crippen LogP contribution in [0.15, 0.2) is 0 Å². The molecule has 1 fully saturated rings. The third-order valence-electron chi connectivity index (χ3n) is 2.16. The molecule has 5 N–H and O–H groups in total.